The summed E-state index contributed by atoms with van der Waals surface area (Å²) < 4.78 is 5.60. The zero-order valence-electron chi connectivity index (χ0n) is 17.6. The van der Waals surface area contributed by atoms with Gasteiger partial charge in [-0.1, -0.05) is 6.07 Å². The molecule has 1 aliphatic heterocycles. The van der Waals surface area contributed by atoms with Crippen molar-refractivity contribution in [1.82, 2.24) is 35.1 Å². The van der Waals surface area contributed by atoms with Crippen LogP contribution in [-0.4, -0.2) is 56.0 Å². The summed E-state index contributed by atoms with van der Waals surface area (Å²) in [6.45, 7) is 5.24. The van der Waals surface area contributed by atoms with Crippen LogP contribution in [0.3, 0.4) is 0 Å². The number of aromatic nitrogens is 5. The molecule has 0 saturated carbocycles. The van der Waals surface area contributed by atoms with Gasteiger partial charge in [-0.05, 0) is 29.8 Å². The third-order valence-corrected chi connectivity index (χ3v) is 5.89. The van der Waals surface area contributed by atoms with Gasteiger partial charge in [0.15, 0.2) is 5.58 Å². The normalized spacial score (nSPS) is 15.0. The number of hydrogen-bond acceptors (Lipinski definition) is 7. The highest BCUT2D eigenvalue weighted by atomic mass is 16.3. The van der Waals surface area contributed by atoms with Crippen LogP contribution in [0.1, 0.15) is 17.1 Å². The summed E-state index contributed by atoms with van der Waals surface area (Å²) in [6.07, 6.45) is 5.76. The number of furan rings is 1. The number of fused-ring (bicyclic) bond motifs is 2. The Kier molecular flexibility index (Phi) is 4.86. The first-order valence-corrected chi connectivity index (χ1v) is 10.9. The average Bonchev–Trinajstić information content (AvgIpc) is 3.46. The van der Waals surface area contributed by atoms with Crippen molar-refractivity contribution >= 4 is 22.1 Å². The van der Waals surface area contributed by atoms with Gasteiger partial charge in [-0.2, -0.15) is 0 Å². The summed E-state index contributed by atoms with van der Waals surface area (Å²) in [7, 11) is 0. The van der Waals surface area contributed by atoms with Gasteiger partial charge in [0.25, 0.3) is 0 Å². The van der Waals surface area contributed by atoms with E-state index in [0.717, 1.165) is 72.0 Å². The first kappa shape index (κ1) is 19.1. The smallest absolute Gasteiger partial charge is 0.178 e. The van der Waals surface area contributed by atoms with E-state index in [0.29, 0.717) is 12.0 Å². The maximum atomic E-state index is 5.60. The van der Waals surface area contributed by atoms with Gasteiger partial charge in [-0.15, -0.1) is 0 Å². The molecule has 1 aromatic carbocycles. The summed E-state index contributed by atoms with van der Waals surface area (Å²) in [5.74, 6) is 0.898. The number of benzene rings is 1. The molecule has 8 heteroatoms. The van der Waals surface area contributed by atoms with Gasteiger partial charge in [-0.25, -0.2) is 15.0 Å². The summed E-state index contributed by atoms with van der Waals surface area (Å²) in [5.41, 5.74) is 7.43. The van der Waals surface area contributed by atoms with Crippen LogP contribution in [-0.2, 0) is 13.0 Å². The first-order chi connectivity index (χ1) is 15.8. The van der Waals surface area contributed by atoms with Gasteiger partial charge >= 0.3 is 0 Å². The standard InChI is InChI=1S/C24H23N7O/c1-2-19-21(12-17(1)23-24-20(4-10-32-24)27-15-28-23)30-22(29-19)13-18-11-16(3-5-26-18)14-31-8-6-25-7-9-31/h1-5,10-12,15,25H,6-9,13-14H2,(H,29,30). The van der Waals surface area contributed by atoms with Crippen molar-refractivity contribution in [3.8, 4) is 11.3 Å². The third kappa shape index (κ3) is 3.74. The van der Waals surface area contributed by atoms with Gasteiger partial charge in [0.1, 0.15) is 23.4 Å². The van der Waals surface area contributed by atoms with E-state index >= 15 is 0 Å². The zero-order chi connectivity index (χ0) is 21.3. The fourth-order valence-corrected chi connectivity index (χ4v) is 4.31. The Hall–Kier alpha value is -3.62. The maximum Gasteiger partial charge on any atom is 0.178 e. The Morgan fingerprint density at radius 1 is 0.969 bits per heavy atom. The molecule has 6 rings (SSSR count). The van der Waals surface area contributed by atoms with Crippen molar-refractivity contribution in [2.75, 3.05) is 26.2 Å². The number of piperazine rings is 1. The van der Waals surface area contributed by atoms with Gasteiger partial charge in [-0.3, -0.25) is 9.88 Å². The van der Waals surface area contributed by atoms with E-state index in [2.05, 4.69) is 48.4 Å². The third-order valence-electron chi connectivity index (χ3n) is 5.89. The van der Waals surface area contributed by atoms with Gasteiger partial charge < -0.3 is 14.7 Å². The molecular formula is C24H23N7O. The number of aromatic amines is 1. The lowest BCUT2D eigenvalue weighted by atomic mass is 10.1. The van der Waals surface area contributed by atoms with E-state index in [1.807, 2.05) is 24.4 Å². The minimum atomic E-state index is 0.662. The van der Waals surface area contributed by atoms with E-state index in [-0.39, 0.29) is 0 Å². The van der Waals surface area contributed by atoms with E-state index in [4.69, 9.17) is 9.40 Å². The molecule has 32 heavy (non-hydrogen) atoms. The lowest BCUT2D eigenvalue weighted by Crippen LogP contribution is -2.42. The van der Waals surface area contributed by atoms with E-state index in [1.165, 1.54) is 5.56 Å². The number of H-pyrrole nitrogens is 1. The minimum Gasteiger partial charge on any atom is -0.460 e. The van der Waals surface area contributed by atoms with Crippen LogP contribution in [0.15, 0.2) is 59.6 Å². The SMILES string of the molecule is c1cc(CN2CCNCC2)cc(Cc2nc3ccc(-c4ncnc5ccoc45)cc3[nH]2)n1. The van der Waals surface area contributed by atoms with Crippen LogP contribution in [0.2, 0.25) is 0 Å². The predicted octanol–water partition coefficient (Wildman–Crippen LogP) is 3.16. The Morgan fingerprint density at radius 2 is 1.91 bits per heavy atom. The van der Waals surface area contributed by atoms with Crippen LogP contribution in [0.25, 0.3) is 33.4 Å². The second kappa shape index (κ2) is 8.14. The van der Waals surface area contributed by atoms with Crippen molar-refractivity contribution in [1.29, 1.82) is 0 Å². The molecule has 160 valence electrons. The molecule has 1 aliphatic rings. The second-order valence-electron chi connectivity index (χ2n) is 8.13. The quantitative estimate of drug-likeness (QED) is 0.447. The second-order valence-corrected chi connectivity index (χ2v) is 8.13. The Labute approximate surface area is 184 Å². The molecule has 0 unspecified atom stereocenters. The Bertz CT molecular complexity index is 1380. The van der Waals surface area contributed by atoms with Crippen molar-refractivity contribution in [3.05, 3.63) is 72.3 Å². The average molecular weight is 425 g/mol. The zero-order valence-corrected chi connectivity index (χ0v) is 17.6. The lowest BCUT2D eigenvalue weighted by molar-refractivity contribution is 0.233. The molecule has 1 fully saturated rings. The van der Waals surface area contributed by atoms with Crippen LogP contribution < -0.4 is 5.32 Å². The number of rotatable bonds is 5. The molecule has 0 bridgehead atoms. The van der Waals surface area contributed by atoms with Gasteiger partial charge in [0.2, 0.25) is 0 Å². The highest BCUT2D eigenvalue weighted by Crippen LogP contribution is 2.28. The number of hydrogen-bond donors (Lipinski definition) is 2. The molecule has 0 amide bonds. The monoisotopic (exact) mass is 425 g/mol. The molecule has 5 heterocycles. The highest BCUT2D eigenvalue weighted by Gasteiger charge is 2.13. The minimum absolute atomic E-state index is 0.662. The highest BCUT2D eigenvalue weighted by molar-refractivity contribution is 5.90. The largest absolute Gasteiger partial charge is 0.460 e. The van der Waals surface area contributed by atoms with Crippen molar-refractivity contribution < 1.29 is 4.42 Å². The van der Waals surface area contributed by atoms with Gasteiger partial charge in [0, 0.05) is 62.7 Å². The first-order valence-electron chi connectivity index (χ1n) is 10.9. The number of nitrogens with zero attached hydrogens (tertiary/aromatic N) is 5. The van der Waals surface area contributed by atoms with E-state index in [1.54, 1.807) is 12.6 Å². The lowest BCUT2D eigenvalue weighted by Gasteiger charge is -2.27. The van der Waals surface area contributed by atoms with Crippen molar-refractivity contribution in [2.24, 2.45) is 0 Å². The van der Waals surface area contributed by atoms with Crippen LogP contribution in [0, 0.1) is 0 Å². The molecule has 8 nitrogen and oxygen atoms in total. The summed E-state index contributed by atoms with van der Waals surface area (Å²) in [5, 5.41) is 3.40. The predicted molar refractivity (Wildman–Crippen MR) is 122 cm³/mol. The van der Waals surface area contributed by atoms with Crippen LogP contribution in [0.4, 0.5) is 0 Å². The van der Waals surface area contributed by atoms with E-state index < -0.39 is 0 Å². The molecule has 0 aliphatic carbocycles. The summed E-state index contributed by atoms with van der Waals surface area (Å²) in [4.78, 5) is 23.9. The fourth-order valence-electron chi connectivity index (χ4n) is 4.31. The Morgan fingerprint density at radius 3 is 2.84 bits per heavy atom. The summed E-state index contributed by atoms with van der Waals surface area (Å²) >= 11 is 0. The molecule has 0 spiro atoms. The molecule has 5 aromatic rings. The van der Waals surface area contributed by atoms with Crippen molar-refractivity contribution in [2.45, 2.75) is 13.0 Å². The van der Waals surface area contributed by atoms with Crippen LogP contribution in [0.5, 0.6) is 0 Å². The maximum absolute atomic E-state index is 5.60. The van der Waals surface area contributed by atoms with Gasteiger partial charge in [0.05, 0.1) is 17.3 Å². The van der Waals surface area contributed by atoms with Crippen LogP contribution >= 0.6 is 0 Å². The summed E-state index contributed by atoms with van der Waals surface area (Å²) in [6, 6.07) is 12.2. The molecule has 0 radical (unpaired) electrons. The molecule has 0 atom stereocenters. The number of imidazole rings is 1. The van der Waals surface area contributed by atoms with Crippen molar-refractivity contribution in [3.63, 3.8) is 0 Å². The topological polar surface area (TPSA) is 95.8 Å². The molecule has 1 saturated heterocycles. The molecular weight excluding hydrogens is 402 g/mol. The molecule has 4 aromatic heterocycles. The number of nitrogens with one attached hydrogen (secondary N) is 2. The Balaban J connectivity index is 1.25. The number of pyridine rings is 1. The molecule has 2 N–H and O–H groups in total. The fraction of sp³-hybridized carbons (Fsp3) is 0.250. The van der Waals surface area contributed by atoms with E-state index in [9.17, 15) is 0 Å².